The summed E-state index contributed by atoms with van der Waals surface area (Å²) in [5.74, 6) is 0. The summed E-state index contributed by atoms with van der Waals surface area (Å²) in [4.78, 5) is 2.73. The van der Waals surface area contributed by atoms with Gasteiger partial charge in [0.25, 0.3) is 0 Å². The second-order valence-corrected chi connectivity index (χ2v) is 9.64. The average molecular weight is 447 g/mol. The van der Waals surface area contributed by atoms with E-state index in [4.69, 9.17) is 0 Å². The highest BCUT2D eigenvalue weighted by Gasteiger charge is 2.32. The highest BCUT2D eigenvalue weighted by atomic mass is 32.2. The molecule has 0 aromatic heterocycles. The van der Waals surface area contributed by atoms with Crippen molar-refractivity contribution in [1.29, 1.82) is 0 Å². The summed E-state index contributed by atoms with van der Waals surface area (Å²) in [6.45, 7) is 0. The number of thioether (sulfide) groups is 2. The molecule has 5 aromatic carbocycles. The van der Waals surface area contributed by atoms with Gasteiger partial charge in [0.1, 0.15) is 0 Å². The Kier molecular flexibility index (Phi) is 4.86. The zero-order valence-electron chi connectivity index (χ0n) is 18.1. The zero-order chi connectivity index (χ0) is 21.7. The van der Waals surface area contributed by atoms with E-state index in [1.165, 1.54) is 65.1 Å². The fourth-order valence-electron chi connectivity index (χ4n) is 5.15. The second-order valence-electron chi connectivity index (χ2n) is 8.01. The summed E-state index contributed by atoms with van der Waals surface area (Å²) in [7, 11) is 0. The van der Waals surface area contributed by atoms with Crippen molar-refractivity contribution in [1.82, 2.24) is 0 Å². The van der Waals surface area contributed by atoms with Gasteiger partial charge in [-0.15, -0.1) is 23.5 Å². The van der Waals surface area contributed by atoms with Gasteiger partial charge >= 0.3 is 0 Å². The molecule has 6 rings (SSSR count). The first-order valence-electron chi connectivity index (χ1n) is 10.8. The summed E-state index contributed by atoms with van der Waals surface area (Å²) in [5, 5.41) is 2.69. The molecule has 0 bridgehead atoms. The predicted molar refractivity (Wildman–Crippen MR) is 143 cm³/mol. The van der Waals surface area contributed by atoms with Crippen LogP contribution in [-0.4, -0.2) is 12.5 Å². The van der Waals surface area contributed by atoms with E-state index in [1.807, 2.05) is 23.5 Å². The van der Waals surface area contributed by atoms with Crippen LogP contribution in [0.15, 0.2) is 107 Å². The van der Waals surface area contributed by atoms with Crippen LogP contribution in [0.5, 0.6) is 0 Å². The normalized spacial score (nSPS) is 11.7. The minimum absolute atomic E-state index is 1.29. The van der Waals surface area contributed by atoms with Crippen LogP contribution in [0.3, 0.4) is 0 Å². The average Bonchev–Trinajstić information content (AvgIpc) is 3.19. The maximum Gasteiger partial charge on any atom is 0.0297 e. The van der Waals surface area contributed by atoms with Gasteiger partial charge in [0.15, 0.2) is 0 Å². The van der Waals surface area contributed by atoms with E-state index in [1.54, 1.807) is 0 Å². The molecule has 154 valence electrons. The van der Waals surface area contributed by atoms with Gasteiger partial charge in [-0.2, -0.15) is 0 Å². The van der Waals surface area contributed by atoms with Gasteiger partial charge in [0.05, 0.1) is 0 Å². The lowest BCUT2D eigenvalue weighted by Gasteiger charge is -2.23. The van der Waals surface area contributed by atoms with Crippen LogP contribution in [-0.2, 0) is 0 Å². The molecule has 32 heavy (non-hydrogen) atoms. The number of hydrogen-bond acceptors (Lipinski definition) is 2. The molecular weight excluding hydrogens is 424 g/mol. The van der Waals surface area contributed by atoms with Gasteiger partial charge in [0, 0.05) is 20.9 Å². The molecule has 0 aliphatic heterocycles. The quantitative estimate of drug-likeness (QED) is 0.247. The van der Waals surface area contributed by atoms with Crippen LogP contribution in [0.25, 0.3) is 55.3 Å². The van der Waals surface area contributed by atoms with Gasteiger partial charge in [-0.25, -0.2) is 0 Å². The summed E-state index contributed by atoms with van der Waals surface area (Å²) in [6, 6.07) is 35.3. The van der Waals surface area contributed by atoms with Crippen LogP contribution in [0.4, 0.5) is 0 Å². The minimum Gasteiger partial charge on any atom is -0.128 e. The third-order valence-corrected chi connectivity index (χ3v) is 8.15. The summed E-state index contributed by atoms with van der Waals surface area (Å²) >= 11 is 3.73. The van der Waals surface area contributed by atoms with Crippen LogP contribution in [0.2, 0.25) is 0 Å². The highest BCUT2D eigenvalue weighted by Crippen LogP contribution is 2.59. The topological polar surface area (TPSA) is 0 Å². The van der Waals surface area contributed by atoms with Gasteiger partial charge in [-0.05, 0) is 56.7 Å². The molecule has 0 heterocycles. The molecule has 5 aromatic rings. The van der Waals surface area contributed by atoms with Gasteiger partial charge in [0.2, 0.25) is 0 Å². The Morgan fingerprint density at radius 2 is 0.875 bits per heavy atom. The number of benzene rings is 5. The maximum atomic E-state index is 2.31. The summed E-state index contributed by atoms with van der Waals surface area (Å²) < 4.78 is 0. The van der Waals surface area contributed by atoms with Crippen LogP contribution >= 0.6 is 23.5 Å². The Hall–Kier alpha value is -2.94. The molecule has 0 amide bonds. The molecule has 0 radical (unpaired) electrons. The molecule has 0 nitrogen and oxygen atoms in total. The lowest BCUT2D eigenvalue weighted by atomic mass is 9.87. The largest absolute Gasteiger partial charge is 0.128 e. The maximum absolute atomic E-state index is 2.31. The molecule has 0 atom stereocenters. The van der Waals surface area contributed by atoms with E-state index in [0.29, 0.717) is 0 Å². The number of rotatable bonds is 4. The predicted octanol–water partition coefficient (Wildman–Crippen LogP) is 9.26. The van der Waals surface area contributed by atoms with Crippen molar-refractivity contribution in [3.8, 4) is 44.5 Å². The van der Waals surface area contributed by atoms with Crippen LogP contribution in [0, 0.1) is 0 Å². The molecule has 0 N–H and O–H groups in total. The van der Waals surface area contributed by atoms with Crippen molar-refractivity contribution < 1.29 is 0 Å². The van der Waals surface area contributed by atoms with Crippen molar-refractivity contribution in [3.05, 3.63) is 97.1 Å². The molecule has 0 saturated heterocycles. The third kappa shape index (κ3) is 2.80. The van der Waals surface area contributed by atoms with E-state index in [-0.39, 0.29) is 0 Å². The SMILES string of the molecule is CSc1c(SC)c(-c2ccccc2)c2c(c1-c1ccccc1)-c1cccc3cccc-2c13. The molecule has 0 fully saturated rings. The van der Waals surface area contributed by atoms with Gasteiger partial charge in [-0.3, -0.25) is 0 Å². The van der Waals surface area contributed by atoms with Crippen LogP contribution < -0.4 is 0 Å². The van der Waals surface area contributed by atoms with E-state index in [0.717, 1.165) is 0 Å². The molecule has 1 aliphatic carbocycles. The zero-order valence-corrected chi connectivity index (χ0v) is 19.7. The Bertz CT molecular complexity index is 1360. The summed E-state index contributed by atoms with van der Waals surface area (Å²) in [6.07, 6.45) is 4.43. The van der Waals surface area contributed by atoms with E-state index in [9.17, 15) is 0 Å². The fourth-order valence-corrected chi connectivity index (χ4v) is 7.07. The second kappa shape index (κ2) is 7.88. The number of fused-ring (bicyclic) bond motifs is 3. The molecule has 0 saturated carbocycles. The van der Waals surface area contributed by atoms with Crippen molar-refractivity contribution in [2.75, 3.05) is 12.5 Å². The lowest BCUT2D eigenvalue weighted by molar-refractivity contribution is 1.27. The Labute approximate surface area is 197 Å². The van der Waals surface area contributed by atoms with Crippen LogP contribution in [0.1, 0.15) is 0 Å². The van der Waals surface area contributed by atoms with Gasteiger partial charge < -0.3 is 0 Å². The van der Waals surface area contributed by atoms with Gasteiger partial charge in [-0.1, -0.05) is 97.1 Å². The first-order valence-corrected chi connectivity index (χ1v) is 13.2. The van der Waals surface area contributed by atoms with E-state index in [2.05, 4.69) is 110 Å². The van der Waals surface area contributed by atoms with E-state index < -0.39 is 0 Å². The standard InChI is InChI=1S/C30H22S2/c1-31-29-25(20-11-5-3-6-12-20)27-22-17-9-15-19-16-10-18-23(24(19)22)28(27)26(30(29)32-2)21-13-7-4-8-14-21/h3-18H,1-2H3. The minimum atomic E-state index is 1.29. The first-order chi connectivity index (χ1) is 15.8. The first kappa shape index (κ1) is 19.7. The molecule has 0 unspecified atom stereocenters. The molecule has 2 heteroatoms. The molecule has 1 aliphatic rings. The Morgan fingerprint density at radius 3 is 1.28 bits per heavy atom. The fraction of sp³-hybridized carbons (Fsp3) is 0.0667. The highest BCUT2D eigenvalue weighted by molar-refractivity contribution is 8.01. The molecule has 0 spiro atoms. The smallest absolute Gasteiger partial charge is 0.0297 e. The van der Waals surface area contributed by atoms with Crippen molar-refractivity contribution in [2.24, 2.45) is 0 Å². The van der Waals surface area contributed by atoms with E-state index >= 15 is 0 Å². The third-order valence-electron chi connectivity index (χ3n) is 6.39. The van der Waals surface area contributed by atoms with Crippen molar-refractivity contribution in [3.63, 3.8) is 0 Å². The monoisotopic (exact) mass is 446 g/mol. The van der Waals surface area contributed by atoms with Crippen molar-refractivity contribution >= 4 is 34.3 Å². The number of hydrogen-bond donors (Lipinski definition) is 0. The lowest BCUT2D eigenvalue weighted by Crippen LogP contribution is -1.96. The Morgan fingerprint density at radius 1 is 0.438 bits per heavy atom. The summed E-state index contributed by atoms with van der Waals surface area (Å²) in [5.41, 5.74) is 10.8. The Balaban J connectivity index is 1.88. The molecular formula is C30H22S2. The van der Waals surface area contributed by atoms with Crippen molar-refractivity contribution in [2.45, 2.75) is 9.79 Å².